The van der Waals surface area contributed by atoms with Crippen LogP contribution in [0.25, 0.3) is 0 Å². The van der Waals surface area contributed by atoms with E-state index in [1.165, 1.54) is 17.0 Å². The number of thiophene rings is 1. The minimum atomic E-state index is -0.358. The SMILES string of the molecule is CC(c1cccs1)N(C)CC(=O)Nc1cccc(F)c1. The summed E-state index contributed by atoms with van der Waals surface area (Å²) in [4.78, 5) is 15.1. The summed E-state index contributed by atoms with van der Waals surface area (Å²) in [6.45, 7) is 2.32. The van der Waals surface area contributed by atoms with Crippen molar-refractivity contribution in [3.63, 3.8) is 0 Å². The quantitative estimate of drug-likeness (QED) is 0.914. The Hall–Kier alpha value is -1.72. The normalized spacial score (nSPS) is 12.4. The molecular formula is C15H17FN2OS. The van der Waals surface area contributed by atoms with Gasteiger partial charge in [0.05, 0.1) is 6.54 Å². The molecule has 0 spiro atoms. The number of rotatable bonds is 5. The first-order valence-corrected chi connectivity index (χ1v) is 7.23. The van der Waals surface area contributed by atoms with Crippen LogP contribution in [0, 0.1) is 5.82 Å². The van der Waals surface area contributed by atoms with Crippen molar-refractivity contribution in [1.29, 1.82) is 0 Å². The topological polar surface area (TPSA) is 32.3 Å². The highest BCUT2D eigenvalue weighted by Gasteiger charge is 2.15. The lowest BCUT2D eigenvalue weighted by molar-refractivity contribution is -0.117. The lowest BCUT2D eigenvalue weighted by Crippen LogP contribution is -2.31. The van der Waals surface area contributed by atoms with Crippen molar-refractivity contribution in [3.8, 4) is 0 Å². The number of carbonyl (C=O) groups excluding carboxylic acids is 1. The van der Waals surface area contributed by atoms with E-state index in [0.717, 1.165) is 0 Å². The standard InChI is InChI=1S/C15H17FN2OS/c1-11(14-7-4-8-20-14)18(2)10-15(19)17-13-6-3-5-12(16)9-13/h3-9,11H,10H2,1-2H3,(H,17,19). The van der Waals surface area contributed by atoms with Gasteiger partial charge in [-0.3, -0.25) is 9.69 Å². The van der Waals surface area contributed by atoms with E-state index >= 15 is 0 Å². The molecule has 0 saturated carbocycles. The number of carbonyl (C=O) groups is 1. The van der Waals surface area contributed by atoms with Gasteiger partial charge < -0.3 is 5.32 Å². The van der Waals surface area contributed by atoms with Gasteiger partial charge in [-0.15, -0.1) is 11.3 Å². The van der Waals surface area contributed by atoms with E-state index in [-0.39, 0.29) is 24.3 Å². The van der Waals surface area contributed by atoms with Gasteiger partial charge in [0.2, 0.25) is 5.91 Å². The third-order valence-corrected chi connectivity index (χ3v) is 4.16. The van der Waals surface area contributed by atoms with Gasteiger partial charge >= 0.3 is 0 Å². The van der Waals surface area contributed by atoms with Gasteiger partial charge in [-0.25, -0.2) is 4.39 Å². The number of nitrogens with zero attached hydrogens (tertiary/aromatic N) is 1. The molecule has 1 aromatic carbocycles. The zero-order chi connectivity index (χ0) is 14.5. The first-order chi connectivity index (χ1) is 9.56. The number of hydrogen-bond acceptors (Lipinski definition) is 3. The van der Waals surface area contributed by atoms with Crippen LogP contribution in [0.2, 0.25) is 0 Å². The summed E-state index contributed by atoms with van der Waals surface area (Å²) in [6, 6.07) is 10.1. The molecule has 1 unspecified atom stereocenters. The molecule has 1 amide bonds. The number of anilines is 1. The summed E-state index contributed by atoms with van der Waals surface area (Å²) >= 11 is 1.67. The van der Waals surface area contributed by atoms with Gasteiger partial charge in [-0.1, -0.05) is 12.1 Å². The van der Waals surface area contributed by atoms with Crippen molar-refractivity contribution in [2.45, 2.75) is 13.0 Å². The summed E-state index contributed by atoms with van der Waals surface area (Å²) in [6.07, 6.45) is 0. The number of halogens is 1. The van der Waals surface area contributed by atoms with Gasteiger partial charge in [-0.05, 0) is 43.6 Å². The third-order valence-electron chi connectivity index (χ3n) is 3.12. The van der Waals surface area contributed by atoms with Crippen LogP contribution < -0.4 is 5.32 Å². The van der Waals surface area contributed by atoms with Gasteiger partial charge in [-0.2, -0.15) is 0 Å². The van der Waals surface area contributed by atoms with Crippen molar-refractivity contribution in [2.24, 2.45) is 0 Å². The van der Waals surface area contributed by atoms with Gasteiger partial charge in [0, 0.05) is 16.6 Å². The second-order valence-electron chi connectivity index (χ2n) is 4.67. The first kappa shape index (κ1) is 14.7. The number of hydrogen-bond donors (Lipinski definition) is 1. The average molecular weight is 292 g/mol. The summed E-state index contributed by atoms with van der Waals surface area (Å²) < 4.78 is 13.0. The number of likely N-dealkylation sites (N-methyl/N-ethyl adjacent to an activating group) is 1. The fraction of sp³-hybridized carbons (Fsp3) is 0.267. The van der Waals surface area contributed by atoms with Gasteiger partial charge in [0.15, 0.2) is 0 Å². The van der Waals surface area contributed by atoms with Crippen LogP contribution in [-0.4, -0.2) is 24.4 Å². The lowest BCUT2D eigenvalue weighted by atomic mass is 10.2. The Balaban J connectivity index is 1.91. The molecule has 1 aromatic heterocycles. The van der Waals surface area contributed by atoms with Crippen LogP contribution >= 0.6 is 11.3 Å². The predicted molar refractivity (Wildman–Crippen MR) is 80.4 cm³/mol. The van der Waals surface area contributed by atoms with Crippen molar-refractivity contribution in [2.75, 3.05) is 18.9 Å². The Morgan fingerprint density at radius 2 is 2.20 bits per heavy atom. The highest BCUT2D eigenvalue weighted by Crippen LogP contribution is 2.23. The Morgan fingerprint density at radius 1 is 1.40 bits per heavy atom. The Morgan fingerprint density at radius 3 is 2.85 bits per heavy atom. The molecule has 0 fully saturated rings. The smallest absolute Gasteiger partial charge is 0.238 e. The van der Waals surface area contributed by atoms with Crippen LogP contribution in [0.4, 0.5) is 10.1 Å². The molecule has 5 heteroatoms. The Labute approximate surface area is 122 Å². The molecule has 1 atom stereocenters. The number of benzene rings is 1. The molecule has 0 radical (unpaired) electrons. The van der Waals surface area contributed by atoms with Crippen LogP contribution in [0.5, 0.6) is 0 Å². The molecule has 2 rings (SSSR count). The maximum Gasteiger partial charge on any atom is 0.238 e. The Kier molecular flexibility index (Phi) is 4.87. The molecule has 1 N–H and O–H groups in total. The minimum absolute atomic E-state index is 0.151. The van der Waals surface area contributed by atoms with Crippen molar-refractivity contribution >= 4 is 22.9 Å². The average Bonchev–Trinajstić information content (AvgIpc) is 2.91. The molecule has 0 saturated heterocycles. The fourth-order valence-corrected chi connectivity index (χ4v) is 2.72. The lowest BCUT2D eigenvalue weighted by Gasteiger charge is -2.23. The van der Waals surface area contributed by atoms with Crippen LogP contribution in [0.1, 0.15) is 17.8 Å². The van der Waals surface area contributed by atoms with Crippen LogP contribution in [0.15, 0.2) is 41.8 Å². The number of amides is 1. The van der Waals surface area contributed by atoms with Crippen LogP contribution in [0.3, 0.4) is 0 Å². The van der Waals surface area contributed by atoms with E-state index in [4.69, 9.17) is 0 Å². The first-order valence-electron chi connectivity index (χ1n) is 6.35. The van der Waals surface area contributed by atoms with Crippen molar-refractivity contribution in [1.82, 2.24) is 4.90 Å². The molecule has 0 aliphatic rings. The molecule has 106 valence electrons. The second kappa shape index (κ2) is 6.63. The molecule has 3 nitrogen and oxygen atoms in total. The highest BCUT2D eigenvalue weighted by molar-refractivity contribution is 7.10. The predicted octanol–water partition coefficient (Wildman–Crippen LogP) is 3.52. The van der Waals surface area contributed by atoms with E-state index in [2.05, 4.69) is 18.3 Å². The zero-order valence-electron chi connectivity index (χ0n) is 11.5. The number of nitrogens with one attached hydrogen (secondary N) is 1. The van der Waals surface area contributed by atoms with E-state index in [1.54, 1.807) is 23.5 Å². The molecule has 0 aliphatic heterocycles. The summed E-state index contributed by atoms with van der Waals surface area (Å²) in [5.74, 6) is -0.510. The fourth-order valence-electron chi connectivity index (χ4n) is 1.88. The summed E-state index contributed by atoms with van der Waals surface area (Å²) in [5, 5.41) is 4.72. The van der Waals surface area contributed by atoms with Crippen molar-refractivity contribution in [3.05, 3.63) is 52.5 Å². The molecular weight excluding hydrogens is 275 g/mol. The van der Waals surface area contributed by atoms with Crippen molar-refractivity contribution < 1.29 is 9.18 Å². The highest BCUT2D eigenvalue weighted by atomic mass is 32.1. The van der Waals surface area contributed by atoms with Gasteiger partial charge in [0.25, 0.3) is 0 Å². The molecule has 1 heterocycles. The van der Waals surface area contributed by atoms with E-state index in [9.17, 15) is 9.18 Å². The van der Waals surface area contributed by atoms with E-state index in [0.29, 0.717) is 5.69 Å². The molecule has 20 heavy (non-hydrogen) atoms. The zero-order valence-corrected chi connectivity index (χ0v) is 12.3. The van der Waals surface area contributed by atoms with E-state index in [1.807, 2.05) is 23.4 Å². The molecule has 0 bridgehead atoms. The van der Waals surface area contributed by atoms with Crippen LogP contribution in [-0.2, 0) is 4.79 Å². The Bertz CT molecular complexity index is 571. The maximum absolute atomic E-state index is 13.0. The summed E-state index contributed by atoms with van der Waals surface area (Å²) in [5.41, 5.74) is 0.479. The maximum atomic E-state index is 13.0. The van der Waals surface area contributed by atoms with E-state index < -0.39 is 0 Å². The monoisotopic (exact) mass is 292 g/mol. The largest absolute Gasteiger partial charge is 0.325 e. The minimum Gasteiger partial charge on any atom is -0.325 e. The molecule has 0 aliphatic carbocycles. The third kappa shape index (κ3) is 3.88. The molecule has 2 aromatic rings. The summed E-state index contributed by atoms with van der Waals surface area (Å²) in [7, 11) is 1.90. The second-order valence-corrected chi connectivity index (χ2v) is 5.64. The van der Waals surface area contributed by atoms with Gasteiger partial charge in [0.1, 0.15) is 5.82 Å².